The number of H-pyrrole nitrogens is 1. The summed E-state index contributed by atoms with van der Waals surface area (Å²) >= 11 is 0. The Bertz CT molecular complexity index is 2630. The minimum Gasteiger partial charge on any atom is -0.371 e. The summed E-state index contributed by atoms with van der Waals surface area (Å²) in [5, 5.41) is 4.08. The number of benzene rings is 3. The van der Waals surface area contributed by atoms with Gasteiger partial charge in [-0.2, -0.15) is 4.98 Å². The average molecular weight is 888 g/mol. The number of ketones is 2. The molecule has 1 aliphatic carbocycles. The molecule has 0 bridgehead atoms. The zero-order valence-electron chi connectivity index (χ0n) is 36.6. The van der Waals surface area contributed by atoms with E-state index >= 15 is 4.39 Å². The zero-order valence-corrected chi connectivity index (χ0v) is 37.5. The standard InChI is InChI=1S/C49H58FN9O4S/c1-64(62,63)59-24-17-35-3-2-4-36(47(35)59)29-44-42-15-20-51-48(42)54-49(53-44)52-37-7-13-45(43(50)30-37)57-22-18-39(19-23-57)56-27-25-55(26-28-56)21-16-33-31-58(32-33)38-8-5-34(6-9-38)41-12-10-40(60)11-14-46(41)61/h2-9,13,15,20,30,33,39,41H,10-12,14,16-19,21-29,31-32H2,1H3,(H2,51,52,53,54). The van der Waals surface area contributed by atoms with Gasteiger partial charge >= 0.3 is 0 Å². The molecular weight excluding hydrogens is 830 g/mol. The molecule has 0 radical (unpaired) electrons. The molecule has 6 heterocycles. The molecule has 2 aromatic heterocycles. The van der Waals surface area contributed by atoms with Gasteiger partial charge in [0.1, 0.15) is 23.0 Å². The Labute approximate surface area is 375 Å². The molecule has 3 saturated heterocycles. The number of Topliss-reactive ketones (excluding diaryl/α,β-unsaturated/α-hetero) is 2. The molecule has 2 N–H and O–H groups in total. The number of aromatic nitrogens is 3. The van der Waals surface area contributed by atoms with Crippen LogP contribution in [0.25, 0.3) is 11.0 Å². The van der Waals surface area contributed by atoms with Gasteiger partial charge in [0.15, 0.2) is 0 Å². The molecule has 0 amide bonds. The lowest BCUT2D eigenvalue weighted by molar-refractivity contribution is -0.122. The fraction of sp³-hybridized carbons (Fsp3) is 0.469. The van der Waals surface area contributed by atoms with Crippen LogP contribution in [-0.4, -0.2) is 122 Å². The lowest BCUT2D eigenvalue weighted by atomic mass is 9.90. The summed E-state index contributed by atoms with van der Waals surface area (Å²) < 4.78 is 42.6. The third kappa shape index (κ3) is 8.99. The van der Waals surface area contributed by atoms with E-state index in [1.165, 1.54) is 28.7 Å². The van der Waals surface area contributed by atoms with Crippen LogP contribution >= 0.6 is 0 Å². The summed E-state index contributed by atoms with van der Waals surface area (Å²) in [5.74, 6) is 1.01. The van der Waals surface area contributed by atoms with Crippen molar-refractivity contribution in [1.29, 1.82) is 0 Å². The van der Waals surface area contributed by atoms with Crippen LogP contribution in [0.2, 0.25) is 0 Å². The molecule has 1 saturated carbocycles. The minimum absolute atomic E-state index is 0.142. The normalized spacial score (nSPS) is 20.8. The first kappa shape index (κ1) is 42.6. The van der Waals surface area contributed by atoms with Crippen LogP contribution in [0.1, 0.15) is 73.2 Å². The Morgan fingerprint density at radius 3 is 2.39 bits per heavy atom. The van der Waals surface area contributed by atoms with Crippen LogP contribution in [0.5, 0.6) is 0 Å². The van der Waals surface area contributed by atoms with Crippen LogP contribution in [0.4, 0.5) is 33.1 Å². The summed E-state index contributed by atoms with van der Waals surface area (Å²) in [5.41, 5.74) is 7.46. The van der Waals surface area contributed by atoms with E-state index in [2.05, 4.69) is 59.1 Å². The third-order valence-electron chi connectivity index (χ3n) is 14.4. The van der Waals surface area contributed by atoms with Crippen molar-refractivity contribution in [2.75, 3.05) is 91.1 Å². The molecule has 13 nitrogen and oxygen atoms in total. The van der Waals surface area contributed by atoms with Crippen LogP contribution in [0.15, 0.2) is 72.9 Å². The van der Waals surface area contributed by atoms with E-state index in [0.29, 0.717) is 80.0 Å². The Morgan fingerprint density at radius 1 is 0.828 bits per heavy atom. The number of fused-ring (bicyclic) bond motifs is 2. The molecular formula is C49H58FN9O4S. The summed E-state index contributed by atoms with van der Waals surface area (Å²) in [7, 11) is -3.42. The number of piperazine rings is 1. The van der Waals surface area contributed by atoms with Gasteiger partial charge in [-0.3, -0.25) is 18.8 Å². The van der Waals surface area contributed by atoms with Gasteiger partial charge in [0, 0.05) is 120 Å². The SMILES string of the molecule is CS(=O)(=O)N1CCc2cccc(Cc3nc(Nc4ccc(N5CCC(N6CCN(CCC7CN(c8ccc(C9CCC(=O)CCC9=O)cc8)C7)CC6)CC5)c(F)c4)nc4[nH]ccc34)c21. The number of rotatable bonds is 12. The molecule has 3 aromatic carbocycles. The molecule has 10 rings (SSSR count). The van der Waals surface area contributed by atoms with Crippen LogP contribution < -0.4 is 19.4 Å². The summed E-state index contributed by atoms with van der Waals surface area (Å²) in [6.45, 7) is 9.65. The molecule has 336 valence electrons. The van der Waals surface area contributed by atoms with Crippen LogP contribution in [-0.2, 0) is 32.5 Å². The van der Waals surface area contributed by atoms with Crippen molar-refractivity contribution >= 4 is 61.3 Å². The van der Waals surface area contributed by atoms with Crippen LogP contribution in [0, 0.1) is 11.7 Å². The Kier molecular flexibility index (Phi) is 11.9. The van der Waals surface area contributed by atoms with E-state index in [0.717, 1.165) is 105 Å². The van der Waals surface area contributed by atoms with Crippen molar-refractivity contribution in [3.63, 3.8) is 0 Å². The highest BCUT2D eigenvalue weighted by atomic mass is 32.2. The number of hydrogen-bond acceptors (Lipinski definition) is 11. The summed E-state index contributed by atoms with van der Waals surface area (Å²) in [6, 6.07) is 22.1. The lowest BCUT2D eigenvalue weighted by Crippen LogP contribution is -2.54. The van der Waals surface area contributed by atoms with Gasteiger partial charge in [-0.1, -0.05) is 30.3 Å². The van der Waals surface area contributed by atoms with E-state index in [4.69, 9.17) is 4.98 Å². The number of nitrogens with one attached hydrogen (secondary N) is 2. The molecule has 15 heteroatoms. The second-order valence-corrected chi connectivity index (χ2v) is 20.5. The number of piperidine rings is 1. The fourth-order valence-corrected chi connectivity index (χ4v) is 11.8. The molecule has 5 aromatic rings. The van der Waals surface area contributed by atoms with E-state index in [1.807, 2.05) is 42.6 Å². The average Bonchev–Trinajstić information content (AvgIpc) is 3.91. The van der Waals surface area contributed by atoms with E-state index in [-0.39, 0.29) is 23.3 Å². The molecule has 0 spiro atoms. The van der Waals surface area contributed by atoms with E-state index in [9.17, 15) is 18.0 Å². The second-order valence-electron chi connectivity index (χ2n) is 18.6. The van der Waals surface area contributed by atoms with Gasteiger partial charge in [0.25, 0.3) is 0 Å². The Morgan fingerprint density at radius 2 is 1.62 bits per heavy atom. The predicted molar refractivity (Wildman–Crippen MR) is 250 cm³/mol. The molecule has 5 aliphatic rings. The van der Waals surface area contributed by atoms with Gasteiger partial charge in [-0.15, -0.1) is 0 Å². The number of aromatic amines is 1. The maximum Gasteiger partial charge on any atom is 0.232 e. The Balaban J connectivity index is 0.678. The van der Waals surface area contributed by atoms with Crippen molar-refractivity contribution in [2.45, 2.75) is 69.7 Å². The molecule has 64 heavy (non-hydrogen) atoms. The van der Waals surface area contributed by atoms with Crippen molar-refractivity contribution in [3.8, 4) is 0 Å². The van der Waals surface area contributed by atoms with Gasteiger partial charge in [-0.05, 0) is 97.7 Å². The second kappa shape index (κ2) is 17.9. The van der Waals surface area contributed by atoms with Crippen molar-refractivity contribution in [2.24, 2.45) is 5.92 Å². The highest BCUT2D eigenvalue weighted by Gasteiger charge is 2.33. The number of hydrogen-bond donors (Lipinski definition) is 2. The molecule has 4 fully saturated rings. The van der Waals surface area contributed by atoms with Crippen molar-refractivity contribution in [1.82, 2.24) is 24.8 Å². The number of carbonyl (C=O) groups is 2. The highest BCUT2D eigenvalue weighted by Crippen LogP contribution is 2.37. The highest BCUT2D eigenvalue weighted by molar-refractivity contribution is 7.92. The Hall–Kier alpha value is -5.38. The fourth-order valence-electron chi connectivity index (χ4n) is 10.8. The molecule has 4 aliphatic heterocycles. The maximum absolute atomic E-state index is 15.8. The van der Waals surface area contributed by atoms with Gasteiger partial charge in [-0.25, -0.2) is 17.8 Å². The number of anilines is 5. The predicted octanol–water partition coefficient (Wildman–Crippen LogP) is 6.66. The molecule has 1 unspecified atom stereocenters. The monoisotopic (exact) mass is 887 g/mol. The van der Waals surface area contributed by atoms with E-state index < -0.39 is 10.0 Å². The largest absolute Gasteiger partial charge is 0.371 e. The topological polar surface area (TPSA) is 138 Å². The van der Waals surface area contributed by atoms with Crippen molar-refractivity contribution < 1.29 is 22.4 Å². The number of carbonyl (C=O) groups excluding carboxylic acids is 2. The first-order valence-corrected chi connectivity index (χ1v) is 25.0. The molecule has 1 atom stereocenters. The number of nitrogens with zero attached hydrogens (tertiary/aromatic N) is 7. The third-order valence-corrected chi connectivity index (χ3v) is 15.6. The van der Waals surface area contributed by atoms with Crippen LogP contribution in [0.3, 0.4) is 0 Å². The number of sulfonamides is 1. The number of para-hydroxylation sites is 1. The van der Waals surface area contributed by atoms with Gasteiger partial charge in [0.05, 0.1) is 23.3 Å². The summed E-state index contributed by atoms with van der Waals surface area (Å²) in [6.07, 6.45) is 9.27. The maximum atomic E-state index is 15.8. The van der Waals surface area contributed by atoms with Gasteiger partial charge < -0.3 is 25.0 Å². The minimum atomic E-state index is -3.42. The quantitative estimate of drug-likeness (QED) is 0.130. The zero-order chi connectivity index (χ0) is 44.0. The van der Waals surface area contributed by atoms with E-state index in [1.54, 1.807) is 0 Å². The first-order valence-electron chi connectivity index (χ1n) is 23.1. The lowest BCUT2D eigenvalue weighted by Gasteiger charge is -2.45. The van der Waals surface area contributed by atoms with Crippen molar-refractivity contribution in [3.05, 3.63) is 101 Å². The number of halogens is 1. The first-order chi connectivity index (χ1) is 31.0. The summed E-state index contributed by atoms with van der Waals surface area (Å²) in [4.78, 5) is 47.1. The smallest absolute Gasteiger partial charge is 0.232 e. The van der Waals surface area contributed by atoms with Gasteiger partial charge in [0.2, 0.25) is 16.0 Å².